The van der Waals surface area contributed by atoms with Crippen LogP contribution < -0.4 is 5.73 Å². The topological polar surface area (TPSA) is 94.0 Å². The molecule has 0 aromatic carbocycles. The zero-order valence-electron chi connectivity index (χ0n) is 12.3. The summed E-state index contributed by atoms with van der Waals surface area (Å²) in [5.74, 6) is 0.953. The van der Waals surface area contributed by atoms with Crippen molar-refractivity contribution in [3.05, 3.63) is 23.3 Å². The molecule has 2 heterocycles. The van der Waals surface area contributed by atoms with Crippen molar-refractivity contribution in [3.63, 3.8) is 0 Å². The molecule has 2 N–H and O–H groups in total. The summed E-state index contributed by atoms with van der Waals surface area (Å²) in [6.07, 6.45) is 0.754. The Morgan fingerprint density at radius 2 is 2.10 bits per heavy atom. The Balaban J connectivity index is 2.31. The fourth-order valence-corrected chi connectivity index (χ4v) is 1.93. The lowest BCUT2D eigenvalue weighted by Gasteiger charge is -2.12. The lowest BCUT2D eigenvalue weighted by Crippen LogP contribution is -2.26. The molecule has 7 nitrogen and oxygen atoms in total. The van der Waals surface area contributed by atoms with Crippen LogP contribution in [0.1, 0.15) is 30.2 Å². The van der Waals surface area contributed by atoms with Gasteiger partial charge in [0.05, 0.1) is 23.0 Å². The predicted molar refractivity (Wildman–Crippen MR) is 74.9 cm³/mol. The summed E-state index contributed by atoms with van der Waals surface area (Å²) >= 11 is 0. The summed E-state index contributed by atoms with van der Waals surface area (Å²) in [7, 11) is 3.90. The van der Waals surface area contributed by atoms with Crippen LogP contribution in [-0.2, 0) is 6.42 Å². The molecule has 1 atom stereocenters. The average Bonchev–Trinajstić information content (AvgIpc) is 2.87. The first kappa shape index (κ1) is 14.5. The van der Waals surface area contributed by atoms with Gasteiger partial charge < -0.3 is 15.2 Å². The van der Waals surface area contributed by atoms with Gasteiger partial charge in [0.25, 0.3) is 5.89 Å². The second-order valence-electron chi connectivity index (χ2n) is 5.03. The van der Waals surface area contributed by atoms with Gasteiger partial charge in [-0.1, -0.05) is 12.1 Å². The van der Waals surface area contributed by atoms with E-state index in [9.17, 15) is 0 Å². The lowest BCUT2D eigenvalue weighted by molar-refractivity contribution is 0.357. The van der Waals surface area contributed by atoms with Crippen molar-refractivity contribution in [2.24, 2.45) is 5.73 Å². The van der Waals surface area contributed by atoms with Gasteiger partial charge in [0.15, 0.2) is 5.82 Å². The maximum atomic E-state index is 6.03. The number of rotatable bonds is 5. The maximum Gasteiger partial charge on any atom is 0.259 e. The smallest absolute Gasteiger partial charge is 0.259 e. The summed E-state index contributed by atoms with van der Waals surface area (Å²) in [4.78, 5) is 6.37. The number of hydrogen-bond donors (Lipinski definition) is 1. The summed E-state index contributed by atoms with van der Waals surface area (Å²) < 4.78 is 5.32. The Labute approximate surface area is 118 Å². The highest BCUT2D eigenvalue weighted by molar-refractivity contribution is 5.56. The molecular weight excluding hydrogens is 256 g/mol. The molecule has 0 spiro atoms. The molecule has 2 aromatic rings. The molecule has 0 amide bonds. The van der Waals surface area contributed by atoms with E-state index in [0.717, 1.165) is 23.4 Å². The van der Waals surface area contributed by atoms with Crippen LogP contribution in [0.4, 0.5) is 0 Å². The largest absolute Gasteiger partial charge is 0.334 e. The fourth-order valence-electron chi connectivity index (χ4n) is 1.93. The van der Waals surface area contributed by atoms with Gasteiger partial charge in [0.1, 0.15) is 0 Å². The number of aryl methyl sites for hydroxylation is 2. The van der Waals surface area contributed by atoms with E-state index in [1.54, 1.807) is 0 Å². The summed E-state index contributed by atoms with van der Waals surface area (Å²) in [6.45, 7) is 4.55. The maximum absolute atomic E-state index is 6.03. The minimum Gasteiger partial charge on any atom is -0.334 e. The van der Waals surface area contributed by atoms with Gasteiger partial charge in [0.2, 0.25) is 0 Å². The van der Waals surface area contributed by atoms with Crippen LogP contribution in [-0.4, -0.2) is 45.9 Å². The van der Waals surface area contributed by atoms with E-state index >= 15 is 0 Å². The van der Waals surface area contributed by atoms with Crippen LogP contribution in [0.15, 0.2) is 10.6 Å². The number of aromatic nitrogens is 4. The normalized spacial score (nSPS) is 12.9. The van der Waals surface area contributed by atoms with E-state index in [0.29, 0.717) is 18.3 Å². The molecule has 0 bridgehead atoms. The first-order valence-corrected chi connectivity index (χ1v) is 6.58. The molecule has 1 unspecified atom stereocenters. The third-order valence-electron chi connectivity index (χ3n) is 2.89. The molecule has 0 aliphatic carbocycles. The molecular formula is C13H20N6O. The van der Waals surface area contributed by atoms with Gasteiger partial charge in [-0.3, -0.25) is 0 Å². The quantitative estimate of drug-likeness (QED) is 0.869. The summed E-state index contributed by atoms with van der Waals surface area (Å²) in [5, 5.41) is 12.2. The third kappa shape index (κ3) is 3.17. The molecule has 0 aliphatic heterocycles. The Morgan fingerprint density at radius 3 is 2.75 bits per heavy atom. The summed E-state index contributed by atoms with van der Waals surface area (Å²) in [6, 6.07) is 1.63. The Kier molecular flexibility index (Phi) is 4.41. The molecule has 0 saturated heterocycles. The van der Waals surface area contributed by atoms with Crippen LogP contribution >= 0.6 is 0 Å². The van der Waals surface area contributed by atoms with Crippen molar-refractivity contribution in [2.75, 3.05) is 20.6 Å². The first-order valence-electron chi connectivity index (χ1n) is 6.58. The molecule has 20 heavy (non-hydrogen) atoms. The van der Waals surface area contributed by atoms with E-state index in [1.165, 1.54) is 0 Å². The van der Waals surface area contributed by atoms with Gasteiger partial charge in [0, 0.05) is 6.54 Å². The van der Waals surface area contributed by atoms with Crippen molar-refractivity contribution in [3.8, 4) is 11.5 Å². The van der Waals surface area contributed by atoms with E-state index in [-0.39, 0.29) is 6.04 Å². The van der Waals surface area contributed by atoms with Crippen LogP contribution in [0.2, 0.25) is 0 Å². The minimum absolute atomic E-state index is 0.275. The lowest BCUT2D eigenvalue weighted by atomic mass is 10.1. The molecule has 2 rings (SSSR count). The average molecular weight is 276 g/mol. The second kappa shape index (κ2) is 6.06. The number of nitrogens with zero attached hydrogens (tertiary/aromatic N) is 5. The third-order valence-corrected chi connectivity index (χ3v) is 2.89. The van der Waals surface area contributed by atoms with Crippen LogP contribution in [0.25, 0.3) is 11.5 Å². The molecule has 0 radical (unpaired) electrons. The van der Waals surface area contributed by atoms with Gasteiger partial charge in [-0.15, -0.1) is 0 Å². The Bertz CT molecular complexity index is 580. The van der Waals surface area contributed by atoms with E-state index in [1.807, 2.05) is 38.9 Å². The van der Waals surface area contributed by atoms with Gasteiger partial charge in [-0.25, -0.2) is 0 Å². The van der Waals surface area contributed by atoms with E-state index in [4.69, 9.17) is 10.3 Å². The Morgan fingerprint density at radius 1 is 1.35 bits per heavy atom. The molecule has 0 fully saturated rings. The number of hydrogen-bond acceptors (Lipinski definition) is 7. The Hall–Kier alpha value is -1.86. The molecule has 0 aliphatic rings. The van der Waals surface area contributed by atoms with Crippen molar-refractivity contribution in [2.45, 2.75) is 26.3 Å². The number of nitrogens with two attached hydrogens (primary N) is 1. The predicted octanol–water partition coefficient (Wildman–Crippen LogP) is 0.959. The highest BCUT2D eigenvalue weighted by Crippen LogP contribution is 2.22. The van der Waals surface area contributed by atoms with Crippen LogP contribution in [0.3, 0.4) is 0 Å². The standard InChI is InChI=1S/C13H20N6O/c1-5-11-9(6-8(2)16-17-11)13-15-12(18-20-13)10(14)7-19(3)4/h6,10H,5,7,14H2,1-4H3. The van der Waals surface area contributed by atoms with Gasteiger partial charge in [-0.2, -0.15) is 15.2 Å². The van der Waals surface area contributed by atoms with Crippen molar-refractivity contribution >= 4 is 0 Å². The minimum atomic E-state index is -0.275. The number of likely N-dealkylation sites (N-methyl/N-ethyl adjacent to an activating group) is 1. The van der Waals surface area contributed by atoms with E-state index in [2.05, 4.69) is 20.3 Å². The van der Waals surface area contributed by atoms with Gasteiger partial charge in [-0.05, 0) is 33.5 Å². The zero-order chi connectivity index (χ0) is 14.7. The molecule has 2 aromatic heterocycles. The van der Waals surface area contributed by atoms with Crippen molar-refractivity contribution in [1.82, 2.24) is 25.2 Å². The fraction of sp³-hybridized carbons (Fsp3) is 0.538. The zero-order valence-corrected chi connectivity index (χ0v) is 12.3. The molecule has 108 valence electrons. The highest BCUT2D eigenvalue weighted by atomic mass is 16.5. The monoisotopic (exact) mass is 276 g/mol. The molecule has 7 heteroatoms. The second-order valence-corrected chi connectivity index (χ2v) is 5.03. The highest BCUT2D eigenvalue weighted by Gasteiger charge is 2.18. The van der Waals surface area contributed by atoms with Crippen LogP contribution in [0.5, 0.6) is 0 Å². The SMILES string of the molecule is CCc1nnc(C)cc1-c1nc(C(N)CN(C)C)no1. The van der Waals surface area contributed by atoms with Crippen LogP contribution in [0, 0.1) is 6.92 Å². The molecule has 0 saturated carbocycles. The van der Waals surface area contributed by atoms with Crippen molar-refractivity contribution < 1.29 is 4.52 Å². The van der Waals surface area contributed by atoms with E-state index < -0.39 is 0 Å². The summed E-state index contributed by atoms with van der Waals surface area (Å²) in [5.41, 5.74) is 8.52. The van der Waals surface area contributed by atoms with Gasteiger partial charge >= 0.3 is 0 Å². The first-order chi connectivity index (χ1) is 9.51. The van der Waals surface area contributed by atoms with Crippen molar-refractivity contribution in [1.29, 1.82) is 0 Å².